The van der Waals surface area contributed by atoms with Gasteiger partial charge in [-0.25, -0.2) is 17.5 Å². The van der Waals surface area contributed by atoms with Crippen LogP contribution in [-0.2, 0) is 19.6 Å². The van der Waals surface area contributed by atoms with Gasteiger partial charge in [0.15, 0.2) is 0 Å². The molecule has 2 amide bonds. The van der Waals surface area contributed by atoms with Crippen molar-refractivity contribution in [2.45, 2.75) is 61.5 Å². The molecule has 0 spiro atoms. The van der Waals surface area contributed by atoms with Gasteiger partial charge >= 0.3 is 0 Å². The Labute approximate surface area is 182 Å². The molecule has 8 nitrogen and oxygen atoms in total. The van der Waals surface area contributed by atoms with Crippen molar-refractivity contribution in [2.24, 2.45) is 0 Å². The molecule has 0 radical (unpaired) electrons. The SMILES string of the molecule is O=C1NC[C@@H](CCC(=O)N2CCCCC2)N2C[C@H](NS(=O)(=O)c3ccc(F)cc3)C[C@@H]12. The first kappa shape index (κ1) is 22.2. The van der Waals surface area contributed by atoms with Crippen molar-refractivity contribution in [3.05, 3.63) is 30.1 Å². The van der Waals surface area contributed by atoms with Gasteiger partial charge in [0, 0.05) is 44.7 Å². The zero-order valence-corrected chi connectivity index (χ0v) is 18.2. The molecule has 3 aliphatic heterocycles. The van der Waals surface area contributed by atoms with E-state index in [0.29, 0.717) is 32.4 Å². The van der Waals surface area contributed by atoms with Crippen LogP contribution in [0.25, 0.3) is 0 Å². The zero-order chi connectivity index (χ0) is 22.0. The molecule has 0 bridgehead atoms. The number of carbonyl (C=O) groups is 2. The van der Waals surface area contributed by atoms with E-state index in [1.165, 1.54) is 18.6 Å². The predicted octanol–water partition coefficient (Wildman–Crippen LogP) is 0.838. The van der Waals surface area contributed by atoms with Crippen LogP contribution in [0.5, 0.6) is 0 Å². The molecule has 4 rings (SSSR count). The van der Waals surface area contributed by atoms with Gasteiger partial charge < -0.3 is 10.2 Å². The standard InChI is InChI=1S/C21H29FN4O4S/c22-15-4-7-18(8-5-15)31(29,30)24-16-12-19-21(28)23-13-17(26(19)14-16)6-9-20(27)25-10-2-1-3-11-25/h4-5,7-8,16-17,19,24H,1-3,6,9-14H2,(H,23,28)/t16-,17-,19+/m1/s1. The normalized spacial score (nSPS) is 27.1. The fourth-order valence-corrected chi connectivity index (χ4v) is 6.06. The Bertz CT molecular complexity index is 918. The molecular formula is C21H29FN4O4S. The predicted molar refractivity (Wildman–Crippen MR) is 112 cm³/mol. The van der Waals surface area contributed by atoms with Gasteiger partial charge in [0.25, 0.3) is 0 Å². The first-order valence-corrected chi connectivity index (χ1v) is 12.4. The molecule has 2 N–H and O–H groups in total. The first-order chi connectivity index (χ1) is 14.8. The lowest BCUT2D eigenvalue weighted by molar-refractivity contribution is -0.133. The van der Waals surface area contributed by atoms with Gasteiger partial charge in [-0.1, -0.05) is 0 Å². The third-order valence-corrected chi connectivity index (χ3v) is 8.01. The van der Waals surface area contributed by atoms with Crippen LogP contribution >= 0.6 is 0 Å². The van der Waals surface area contributed by atoms with Crippen LogP contribution in [0.3, 0.4) is 0 Å². The molecule has 0 unspecified atom stereocenters. The minimum atomic E-state index is -3.81. The Morgan fingerprint density at radius 2 is 1.87 bits per heavy atom. The number of halogens is 1. The van der Waals surface area contributed by atoms with Gasteiger partial charge in [-0.2, -0.15) is 0 Å². The van der Waals surface area contributed by atoms with E-state index in [1.807, 2.05) is 9.80 Å². The molecule has 0 aromatic heterocycles. The number of amides is 2. The molecule has 1 aromatic rings. The smallest absolute Gasteiger partial charge is 0.240 e. The van der Waals surface area contributed by atoms with Crippen LogP contribution in [0.2, 0.25) is 0 Å². The van der Waals surface area contributed by atoms with Gasteiger partial charge in [0.05, 0.1) is 10.9 Å². The van der Waals surface area contributed by atoms with E-state index in [1.54, 1.807) is 0 Å². The molecule has 31 heavy (non-hydrogen) atoms. The number of carbonyl (C=O) groups excluding carboxylic acids is 2. The van der Waals surface area contributed by atoms with Crippen molar-refractivity contribution in [1.29, 1.82) is 0 Å². The Kier molecular flexibility index (Phi) is 6.59. The summed E-state index contributed by atoms with van der Waals surface area (Å²) >= 11 is 0. The summed E-state index contributed by atoms with van der Waals surface area (Å²) in [5.74, 6) is -0.460. The largest absolute Gasteiger partial charge is 0.353 e. The van der Waals surface area contributed by atoms with Crippen molar-refractivity contribution in [1.82, 2.24) is 19.8 Å². The molecule has 3 saturated heterocycles. The number of hydrogen-bond donors (Lipinski definition) is 2. The van der Waals surface area contributed by atoms with Crippen molar-refractivity contribution in [2.75, 3.05) is 26.2 Å². The Morgan fingerprint density at radius 3 is 2.58 bits per heavy atom. The van der Waals surface area contributed by atoms with E-state index in [9.17, 15) is 22.4 Å². The second kappa shape index (κ2) is 9.22. The number of hydrogen-bond acceptors (Lipinski definition) is 5. The summed E-state index contributed by atoms with van der Waals surface area (Å²) in [5, 5.41) is 2.90. The van der Waals surface area contributed by atoms with Crippen LogP contribution in [0.4, 0.5) is 4.39 Å². The molecule has 0 saturated carbocycles. The number of piperidine rings is 1. The van der Waals surface area contributed by atoms with Crippen molar-refractivity contribution in [3.8, 4) is 0 Å². The minimum absolute atomic E-state index is 0.00299. The Morgan fingerprint density at radius 1 is 1.16 bits per heavy atom. The molecule has 3 fully saturated rings. The van der Waals surface area contributed by atoms with E-state index < -0.39 is 27.9 Å². The van der Waals surface area contributed by atoms with Gasteiger partial charge in [0.1, 0.15) is 5.82 Å². The number of piperazine rings is 1. The molecule has 170 valence electrons. The average molecular weight is 453 g/mol. The molecule has 0 aliphatic carbocycles. The van der Waals surface area contributed by atoms with Crippen LogP contribution in [0, 0.1) is 5.82 Å². The summed E-state index contributed by atoms with van der Waals surface area (Å²) < 4.78 is 41.1. The maximum Gasteiger partial charge on any atom is 0.240 e. The molecular weight excluding hydrogens is 423 g/mol. The fourth-order valence-electron chi connectivity index (χ4n) is 4.82. The van der Waals surface area contributed by atoms with E-state index in [4.69, 9.17) is 0 Å². The van der Waals surface area contributed by atoms with Crippen LogP contribution < -0.4 is 10.0 Å². The van der Waals surface area contributed by atoms with E-state index >= 15 is 0 Å². The summed E-state index contributed by atoms with van der Waals surface area (Å²) in [6.07, 6.45) is 4.69. The number of rotatable bonds is 6. The quantitative estimate of drug-likeness (QED) is 0.667. The summed E-state index contributed by atoms with van der Waals surface area (Å²) in [5.41, 5.74) is 0. The summed E-state index contributed by atoms with van der Waals surface area (Å²) in [7, 11) is -3.81. The van der Waals surface area contributed by atoms with E-state index in [-0.39, 0.29) is 22.8 Å². The third kappa shape index (κ3) is 5.07. The highest BCUT2D eigenvalue weighted by molar-refractivity contribution is 7.89. The monoisotopic (exact) mass is 452 g/mol. The highest BCUT2D eigenvalue weighted by Crippen LogP contribution is 2.27. The van der Waals surface area contributed by atoms with Crippen LogP contribution in [0.1, 0.15) is 38.5 Å². The zero-order valence-electron chi connectivity index (χ0n) is 17.4. The maximum absolute atomic E-state index is 13.1. The number of benzene rings is 1. The minimum Gasteiger partial charge on any atom is -0.353 e. The fraction of sp³-hybridized carbons (Fsp3) is 0.619. The summed E-state index contributed by atoms with van der Waals surface area (Å²) in [6.45, 7) is 2.50. The topological polar surface area (TPSA) is 98.8 Å². The van der Waals surface area contributed by atoms with Crippen molar-refractivity contribution in [3.63, 3.8) is 0 Å². The van der Waals surface area contributed by atoms with E-state index in [2.05, 4.69) is 10.0 Å². The second-order valence-electron chi connectivity index (χ2n) is 8.60. The number of likely N-dealkylation sites (tertiary alicyclic amines) is 1. The van der Waals surface area contributed by atoms with Crippen LogP contribution in [-0.4, -0.2) is 74.3 Å². The lowest BCUT2D eigenvalue weighted by atomic mass is 10.0. The van der Waals surface area contributed by atoms with Gasteiger partial charge in [0.2, 0.25) is 21.8 Å². The highest BCUT2D eigenvalue weighted by atomic mass is 32.2. The Balaban J connectivity index is 1.37. The van der Waals surface area contributed by atoms with Crippen LogP contribution in [0.15, 0.2) is 29.2 Å². The van der Waals surface area contributed by atoms with E-state index in [0.717, 1.165) is 38.1 Å². The van der Waals surface area contributed by atoms with Crippen molar-refractivity contribution < 1.29 is 22.4 Å². The van der Waals surface area contributed by atoms with Gasteiger partial charge in [-0.05, 0) is 56.4 Å². The third-order valence-electron chi connectivity index (χ3n) is 6.47. The average Bonchev–Trinajstić information content (AvgIpc) is 3.18. The molecule has 10 heteroatoms. The molecule has 1 aromatic carbocycles. The number of fused-ring (bicyclic) bond motifs is 1. The summed E-state index contributed by atoms with van der Waals surface area (Å²) in [4.78, 5) is 28.9. The lowest BCUT2D eigenvalue weighted by Crippen LogP contribution is -2.58. The molecule has 3 atom stereocenters. The number of nitrogens with one attached hydrogen (secondary N) is 2. The molecule has 3 heterocycles. The number of sulfonamides is 1. The maximum atomic E-state index is 13.1. The first-order valence-electron chi connectivity index (χ1n) is 10.9. The van der Waals surface area contributed by atoms with Crippen molar-refractivity contribution >= 4 is 21.8 Å². The number of nitrogens with zero attached hydrogens (tertiary/aromatic N) is 2. The summed E-state index contributed by atoms with van der Waals surface area (Å²) in [6, 6.07) is 3.82. The van der Waals surface area contributed by atoms with Gasteiger partial charge in [-0.15, -0.1) is 0 Å². The van der Waals surface area contributed by atoms with Gasteiger partial charge in [-0.3, -0.25) is 14.5 Å². The lowest BCUT2D eigenvalue weighted by Gasteiger charge is -2.37. The molecule has 3 aliphatic rings. The highest BCUT2D eigenvalue weighted by Gasteiger charge is 2.44. The Hall–Kier alpha value is -2.04. The second-order valence-corrected chi connectivity index (χ2v) is 10.3.